The number of hydrogen-bond donors (Lipinski definition) is 0. The molecule has 0 aliphatic heterocycles. The first-order chi connectivity index (χ1) is 8.86. The maximum absolute atomic E-state index is 13.1. The molecule has 4 nitrogen and oxygen atoms in total. The molecule has 19 heavy (non-hydrogen) atoms. The average Bonchev–Trinajstić information content (AvgIpc) is 2.74. The summed E-state index contributed by atoms with van der Waals surface area (Å²) in [5.41, 5.74) is 0.605. The minimum atomic E-state index is -3.80. The van der Waals surface area contributed by atoms with Gasteiger partial charge in [0.2, 0.25) is 0 Å². The zero-order chi connectivity index (χ0) is 14.2. The summed E-state index contributed by atoms with van der Waals surface area (Å²) in [5.74, 6) is -0.226. The highest BCUT2D eigenvalue weighted by atomic mass is 35.5. The molecule has 1 heterocycles. The molecule has 1 aromatic heterocycles. The van der Waals surface area contributed by atoms with Crippen molar-refractivity contribution in [2.24, 2.45) is 0 Å². The minimum Gasteiger partial charge on any atom is -0.238 e. The summed E-state index contributed by atoms with van der Waals surface area (Å²) in [6, 6.07) is 3.32. The molecule has 0 aliphatic rings. The number of aryl methyl sites for hydroxylation is 2. The van der Waals surface area contributed by atoms with Gasteiger partial charge in [0, 0.05) is 12.6 Å². The van der Waals surface area contributed by atoms with Crippen molar-refractivity contribution in [2.75, 3.05) is 0 Å². The normalized spacial score (nSPS) is 11.8. The van der Waals surface area contributed by atoms with E-state index in [1.54, 1.807) is 6.92 Å². The Morgan fingerprint density at radius 2 is 2.11 bits per heavy atom. The fraction of sp³-hybridized carbons (Fsp3) is 0.250. The van der Waals surface area contributed by atoms with E-state index in [1.165, 1.54) is 12.3 Å². The van der Waals surface area contributed by atoms with Crippen molar-refractivity contribution < 1.29 is 12.8 Å². The molecule has 0 N–H and O–H groups in total. The lowest BCUT2D eigenvalue weighted by Crippen LogP contribution is -2.15. The second-order valence-corrected chi connectivity index (χ2v) is 6.25. The number of aromatic nitrogens is 2. The fourth-order valence-corrected chi connectivity index (χ4v) is 3.44. The average molecular weight is 303 g/mol. The molecular weight excluding hydrogens is 291 g/mol. The van der Waals surface area contributed by atoms with Gasteiger partial charge >= 0.3 is 0 Å². The first kappa shape index (κ1) is 14.0. The zero-order valence-corrected chi connectivity index (χ0v) is 12.0. The summed E-state index contributed by atoms with van der Waals surface area (Å²) < 4.78 is 39.1. The van der Waals surface area contributed by atoms with Crippen LogP contribution >= 0.6 is 11.6 Å². The van der Waals surface area contributed by atoms with Crippen molar-refractivity contribution in [3.05, 3.63) is 46.8 Å². The van der Waals surface area contributed by atoms with Crippen LogP contribution in [0.1, 0.15) is 18.4 Å². The van der Waals surface area contributed by atoms with E-state index >= 15 is 0 Å². The summed E-state index contributed by atoms with van der Waals surface area (Å²) in [4.78, 5) is 4.07. The van der Waals surface area contributed by atoms with Crippen LogP contribution in [-0.2, 0) is 16.4 Å². The second kappa shape index (κ2) is 4.94. The monoisotopic (exact) mass is 302 g/mol. The van der Waals surface area contributed by atoms with E-state index in [0.717, 1.165) is 16.1 Å². The predicted molar refractivity (Wildman–Crippen MR) is 70.3 cm³/mol. The Kier molecular flexibility index (Phi) is 3.64. The molecule has 0 atom stereocenters. The Balaban J connectivity index is 2.61. The third-order valence-electron chi connectivity index (χ3n) is 2.63. The van der Waals surface area contributed by atoms with Crippen LogP contribution in [0.15, 0.2) is 29.3 Å². The van der Waals surface area contributed by atoms with E-state index in [9.17, 15) is 12.8 Å². The number of hydrogen-bond acceptors (Lipinski definition) is 3. The molecule has 7 heteroatoms. The van der Waals surface area contributed by atoms with Crippen LogP contribution in [-0.4, -0.2) is 17.4 Å². The Labute approximate surface area is 115 Å². The van der Waals surface area contributed by atoms with Crippen molar-refractivity contribution >= 4 is 21.6 Å². The van der Waals surface area contributed by atoms with Crippen molar-refractivity contribution in [1.29, 1.82) is 0 Å². The lowest BCUT2D eigenvalue weighted by atomic mass is 10.3. The smallest absolute Gasteiger partial charge is 0.238 e. The van der Waals surface area contributed by atoms with Crippen LogP contribution in [0.3, 0.4) is 0 Å². The van der Waals surface area contributed by atoms with Crippen molar-refractivity contribution in [1.82, 2.24) is 8.96 Å². The number of imidazole rings is 1. The van der Waals surface area contributed by atoms with Crippen LogP contribution in [0.4, 0.5) is 4.39 Å². The lowest BCUT2D eigenvalue weighted by molar-refractivity contribution is 0.583. The number of nitrogens with zero attached hydrogens (tertiary/aromatic N) is 2. The first-order valence-corrected chi connectivity index (χ1v) is 7.43. The van der Waals surface area contributed by atoms with Crippen LogP contribution in [0.25, 0.3) is 0 Å². The topological polar surface area (TPSA) is 52.0 Å². The van der Waals surface area contributed by atoms with E-state index in [1.807, 2.05) is 6.92 Å². The molecule has 0 bridgehead atoms. The highest BCUT2D eigenvalue weighted by Crippen LogP contribution is 2.22. The molecule has 0 radical (unpaired) electrons. The predicted octanol–water partition coefficient (Wildman–Crippen LogP) is 2.78. The molecular formula is C12H12ClFN2O2S. The molecule has 1 aromatic carbocycles. The number of halogens is 2. The highest BCUT2D eigenvalue weighted by Gasteiger charge is 2.21. The van der Waals surface area contributed by atoms with Gasteiger partial charge in [0.25, 0.3) is 10.0 Å². The molecule has 0 unspecified atom stereocenters. The maximum Gasteiger partial charge on any atom is 0.269 e. The Morgan fingerprint density at radius 1 is 1.42 bits per heavy atom. The van der Waals surface area contributed by atoms with Crippen molar-refractivity contribution in [3.63, 3.8) is 0 Å². The number of benzene rings is 1. The minimum absolute atomic E-state index is 0.0639. The van der Waals surface area contributed by atoms with Crippen LogP contribution in [0.2, 0.25) is 5.02 Å². The van der Waals surface area contributed by atoms with E-state index in [0.29, 0.717) is 17.9 Å². The first-order valence-electron chi connectivity index (χ1n) is 5.61. The van der Waals surface area contributed by atoms with Crippen molar-refractivity contribution in [3.8, 4) is 0 Å². The van der Waals surface area contributed by atoms with E-state index < -0.39 is 15.8 Å². The SMILES string of the molecule is CCc1nc(C)cn1S(=O)(=O)c1ccc(F)c(Cl)c1. The molecule has 2 aromatic rings. The third-order valence-corrected chi connectivity index (χ3v) is 4.60. The quantitative estimate of drug-likeness (QED) is 0.876. The van der Waals surface area contributed by atoms with Gasteiger partial charge in [-0.15, -0.1) is 0 Å². The molecule has 0 spiro atoms. The van der Waals surface area contributed by atoms with Crippen LogP contribution in [0.5, 0.6) is 0 Å². The van der Waals surface area contributed by atoms with E-state index in [-0.39, 0.29) is 9.92 Å². The van der Waals surface area contributed by atoms with Gasteiger partial charge in [-0.05, 0) is 25.1 Å². The van der Waals surface area contributed by atoms with Crippen LogP contribution < -0.4 is 0 Å². The standard InChI is InChI=1S/C12H12ClFN2O2S/c1-3-12-15-8(2)7-16(12)19(17,18)9-4-5-11(14)10(13)6-9/h4-7H,3H2,1-2H3. The van der Waals surface area contributed by atoms with Gasteiger partial charge in [0.05, 0.1) is 15.6 Å². The summed E-state index contributed by atoms with van der Waals surface area (Å²) in [6.07, 6.45) is 1.91. The second-order valence-electron chi connectivity index (χ2n) is 4.03. The highest BCUT2D eigenvalue weighted by molar-refractivity contribution is 7.90. The summed E-state index contributed by atoms with van der Waals surface area (Å²) in [5, 5.41) is -0.226. The van der Waals surface area contributed by atoms with Gasteiger partial charge in [-0.2, -0.15) is 0 Å². The molecule has 0 fully saturated rings. The van der Waals surface area contributed by atoms with Gasteiger partial charge in [-0.25, -0.2) is 21.8 Å². The molecule has 0 saturated heterocycles. The van der Waals surface area contributed by atoms with Gasteiger partial charge in [0.15, 0.2) is 0 Å². The van der Waals surface area contributed by atoms with Crippen molar-refractivity contribution in [2.45, 2.75) is 25.2 Å². The van der Waals surface area contributed by atoms with Gasteiger partial charge in [0.1, 0.15) is 11.6 Å². The fourth-order valence-electron chi connectivity index (χ4n) is 1.72. The summed E-state index contributed by atoms with van der Waals surface area (Å²) >= 11 is 5.62. The molecule has 102 valence electrons. The van der Waals surface area contributed by atoms with E-state index in [2.05, 4.69) is 4.98 Å². The molecule has 0 amide bonds. The van der Waals surface area contributed by atoms with Gasteiger partial charge in [-0.1, -0.05) is 18.5 Å². The summed E-state index contributed by atoms with van der Waals surface area (Å²) in [6.45, 7) is 3.52. The van der Waals surface area contributed by atoms with Crippen LogP contribution in [0, 0.1) is 12.7 Å². The lowest BCUT2D eigenvalue weighted by Gasteiger charge is -2.08. The van der Waals surface area contributed by atoms with Gasteiger partial charge < -0.3 is 0 Å². The third kappa shape index (κ3) is 2.50. The van der Waals surface area contributed by atoms with Gasteiger partial charge in [-0.3, -0.25) is 0 Å². The van der Waals surface area contributed by atoms with E-state index in [4.69, 9.17) is 11.6 Å². The Bertz CT molecular complexity index is 725. The Hall–Kier alpha value is -1.40. The number of rotatable bonds is 3. The Morgan fingerprint density at radius 3 is 2.68 bits per heavy atom. The zero-order valence-electron chi connectivity index (χ0n) is 10.4. The molecule has 0 saturated carbocycles. The summed E-state index contributed by atoms with van der Waals surface area (Å²) in [7, 11) is -3.80. The maximum atomic E-state index is 13.1. The molecule has 0 aliphatic carbocycles. The molecule has 2 rings (SSSR count). The largest absolute Gasteiger partial charge is 0.269 e.